The van der Waals surface area contributed by atoms with Crippen molar-refractivity contribution in [1.82, 2.24) is 20.1 Å². The van der Waals surface area contributed by atoms with Crippen LogP contribution in [0.15, 0.2) is 65.1 Å². The number of nitrogens with zero attached hydrogens (tertiary/aromatic N) is 3. The summed E-state index contributed by atoms with van der Waals surface area (Å²) in [7, 11) is 1.79. The monoisotopic (exact) mass is 446 g/mol. The van der Waals surface area contributed by atoms with E-state index in [2.05, 4.69) is 15.2 Å². The van der Waals surface area contributed by atoms with Gasteiger partial charge in [0.25, 0.3) is 5.91 Å². The van der Waals surface area contributed by atoms with E-state index in [1.165, 1.54) is 12.1 Å². The standard InChI is InChI=1S/C26H27FN4O2/c1-18-24(28-25(33-18)20-9-5-3-6-10-20)26(32)31(2)16-8-4-7-11-22-17-23(30-29-22)19-12-14-21(27)15-13-19/h3,5-6,9-10,12-15,17H,4,7-8,11,16H2,1-2H3,(H,29,30). The minimum absolute atomic E-state index is 0.129. The van der Waals surface area contributed by atoms with Crippen LogP contribution >= 0.6 is 0 Å². The van der Waals surface area contributed by atoms with Crippen LogP contribution in [0.4, 0.5) is 4.39 Å². The van der Waals surface area contributed by atoms with E-state index in [9.17, 15) is 9.18 Å². The van der Waals surface area contributed by atoms with Crippen LogP contribution in [-0.2, 0) is 6.42 Å². The molecule has 0 unspecified atom stereocenters. The second kappa shape index (κ2) is 10.3. The number of hydrogen-bond acceptors (Lipinski definition) is 4. The largest absolute Gasteiger partial charge is 0.441 e. The van der Waals surface area contributed by atoms with E-state index in [1.54, 1.807) is 31.0 Å². The highest BCUT2D eigenvalue weighted by molar-refractivity contribution is 5.93. The van der Waals surface area contributed by atoms with Gasteiger partial charge in [0.15, 0.2) is 5.69 Å². The quantitative estimate of drug-likeness (QED) is 0.337. The molecule has 2 heterocycles. The average Bonchev–Trinajstić information content (AvgIpc) is 3.46. The first kappa shape index (κ1) is 22.5. The van der Waals surface area contributed by atoms with Gasteiger partial charge in [0, 0.05) is 30.4 Å². The fourth-order valence-electron chi connectivity index (χ4n) is 3.68. The minimum atomic E-state index is -0.256. The molecule has 0 saturated heterocycles. The van der Waals surface area contributed by atoms with Crippen molar-refractivity contribution < 1.29 is 13.6 Å². The predicted octanol–water partition coefficient (Wildman–Crippen LogP) is 5.66. The van der Waals surface area contributed by atoms with Crippen LogP contribution in [0, 0.1) is 12.7 Å². The molecule has 0 spiro atoms. The van der Waals surface area contributed by atoms with E-state index < -0.39 is 0 Å². The molecule has 0 bridgehead atoms. The lowest BCUT2D eigenvalue weighted by Crippen LogP contribution is -2.28. The highest BCUT2D eigenvalue weighted by Gasteiger charge is 2.21. The SMILES string of the molecule is Cc1oc(-c2ccccc2)nc1C(=O)N(C)CCCCCc1cc(-c2ccc(F)cc2)n[nH]1. The number of benzene rings is 2. The maximum absolute atomic E-state index is 13.1. The molecule has 4 rings (SSSR count). The maximum Gasteiger partial charge on any atom is 0.275 e. The fraction of sp³-hybridized carbons (Fsp3) is 0.269. The maximum atomic E-state index is 13.1. The first-order valence-corrected chi connectivity index (χ1v) is 11.1. The molecule has 1 amide bonds. The third-order valence-electron chi connectivity index (χ3n) is 5.58. The molecule has 0 fully saturated rings. The highest BCUT2D eigenvalue weighted by Crippen LogP contribution is 2.22. The van der Waals surface area contributed by atoms with Crippen LogP contribution in [0.3, 0.4) is 0 Å². The summed E-state index contributed by atoms with van der Waals surface area (Å²) in [4.78, 5) is 18.9. The number of aryl methyl sites for hydroxylation is 2. The number of rotatable bonds is 9. The first-order valence-electron chi connectivity index (χ1n) is 11.1. The predicted molar refractivity (Wildman–Crippen MR) is 125 cm³/mol. The van der Waals surface area contributed by atoms with Crippen molar-refractivity contribution in [3.63, 3.8) is 0 Å². The number of carbonyl (C=O) groups is 1. The number of unbranched alkanes of at least 4 members (excludes halogenated alkanes) is 2. The summed E-state index contributed by atoms with van der Waals surface area (Å²) in [6, 6.07) is 17.9. The second-order valence-corrected chi connectivity index (χ2v) is 8.11. The van der Waals surface area contributed by atoms with Crippen LogP contribution in [0.1, 0.15) is 41.2 Å². The van der Waals surface area contributed by atoms with Gasteiger partial charge in [0.2, 0.25) is 5.89 Å². The van der Waals surface area contributed by atoms with Crippen LogP contribution in [0.2, 0.25) is 0 Å². The van der Waals surface area contributed by atoms with Crippen molar-refractivity contribution in [1.29, 1.82) is 0 Å². The molecule has 1 N–H and O–H groups in total. The highest BCUT2D eigenvalue weighted by atomic mass is 19.1. The normalized spacial score (nSPS) is 11.0. The molecular formula is C26H27FN4O2. The van der Waals surface area contributed by atoms with Gasteiger partial charge in [0.05, 0.1) is 5.69 Å². The third kappa shape index (κ3) is 5.55. The summed E-state index contributed by atoms with van der Waals surface area (Å²) in [5.41, 5.74) is 3.96. The summed E-state index contributed by atoms with van der Waals surface area (Å²) in [6.07, 6.45) is 3.72. The molecule has 0 aliphatic rings. The van der Waals surface area contributed by atoms with Crippen molar-refractivity contribution >= 4 is 5.91 Å². The molecule has 6 nitrogen and oxygen atoms in total. The van der Waals surface area contributed by atoms with Crippen molar-refractivity contribution in [2.75, 3.05) is 13.6 Å². The van der Waals surface area contributed by atoms with Gasteiger partial charge in [-0.25, -0.2) is 9.37 Å². The summed E-state index contributed by atoms with van der Waals surface area (Å²) in [6.45, 7) is 2.42. The number of H-pyrrole nitrogens is 1. The lowest BCUT2D eigenvalue weighted by atomic mass is 10.1. The van der Waals surface area contributed by atoms with Crippen LogP contribution in [0.5, 0.6) is 0 Å². The van der Waals surface area contributed by atoms with E-state index in [4.69, 9.17) is 4.42 Å². The van der Waals surface area contributed by atoms with E-state index in [0.717, 1.165) is 48.2 Å². The van der Waals surface area contributed by atoms with E-state index in [-0.39, 0.29) is 11.7 Å². The first-order chi connectivity index (χ1) is 16.0. The molecule has 0 aliphatic carbocycles. The molecule has 7 heteroatoms. The Morgan fingerprint density at radius 2 is 1.79 bits per heavy atom. The van der Waals surface area contributed by atoms with E-state index in [0.29, 0.717) is 23.9 Å². The smallest absolute Gasteiger partial charge is 0.275 e. The molecule has 0 saturated carbocycles. The van der Waals surface area contributed by atoms with Gasteiger partial charge < -0.3 is 9.32 Å². The van der Waals surface area contributed by atoms with Gasteiger partial charge in [-0.15, -0.1) is 0 Å². The molecule has 4 aromatic rings. The second-order valence-electron chi connectivity index (χ2n) is 8.11. The molecule has 0 atom stereocenters. The number of carbonyl (C=O) groups excluding carboxylic acids is 1. The molecule has 2 aromatic heterocycles. The van der Waals surface area contributed by atoms with Gasteiger partial charge in [0.1, 0.15) is 11.6 Å². The minimum Gasteiger partial charge on any atom is -0.441 e. The molecule has 0 radical (unpaired) electrons. The Morgan fingerprint density at radius 1 is 1.03 bits per heavy atom. The molecular weight excluding hydrogens is 419 g/mol. The third-order valence-corrected chi connectivity index (χ3v) is 5.58. The topological polar surface area (TPSA) is 75.0 Å². The van der Waals surface area contributed by atoms with Crippen LogP contribution < -0.4 is 0 Å². The summed E-state index contributed by atoms with van der Waals surface area (Å²) in [5, 5.41) is 7.37. The summed E-state index contributed by atoms with van der Waals surface area (Å²) < 4.78 is 18.8. The average molecular weight is 447 g/mol. The Kier molecular flexibility index (Phi) is 6.98. The molecule has 33 heavy (non-hydrogen) atoms. The zero-order valence-corrected chi connectivity index (χ0v) is 18.8. The van der Waals surface area contributed by atoms with Gasteiger partial charge in [-0.2, -0.15) is 5.10 Å². The number of aromatic amines is 1. The van der Waals surface area contributed by atoms with E-state index >= 15 is 0 Å². The number of amides is 1. The number of aromatic nitrogens is 3. The van der Waals surface area contributed by atoms with Gasteiger partial charge in [-0.05, 0) is 68.7 Å². The fourth-order valence-corrected chi connectivity index (χ4v) is 3.68. The van der Waals surface area contributed by atoms with Crippen molar-refractivity contribution in [2.24, 2.45) is 0 Å². The summed E-state index contributed by atoms with van der Waals surface area (Å²) >= 11 is 0. The van der Waals surface area contributed by atoms with Crippen LogP contribution in [0.25, 0.3) is 22.7 Å². The van der Waals surface area contributed by atoms with Gasteiger partial charge >= 0.3 is 0 Å². The molecule has 170 valence electrons. The van der Waals surface area contributed by atoms with Gasteiger partial charge in [-0.3, -0.25) is 9.89 Å². The lowest BCUT2D eigenvalue weighted by molar-refractivity contribution is 0.0785. The zero-order chi connectivity index (χ0) is 23.2. The Labute approximate surface area is 192 Å². The zero-order valence-electron chi connectivity index (χ0n) is 18.8. The Bertz CT molecular complexity index is 1200. The Morgan fingerprint density at radius 3 is 2.55 bits per heavy atom. The lowest BCUT2D eigenvalue weighted by Gasteiger charge is -2.15. The number of oxazole rings is 1. The van der Waals surface area contributed by atoms with Crippen molar-refractivity contribution in [3.8, 4) is 22.7 Å². The Hall–Kier alpha value is -3.74. The number of nitrogens with one attached hydrogen (secondary N) is 1. The number of halogens is 1. The summed E-state index contributed by atoms with van der Waals surface area (Å²) in [5.74, 6) is 0.607. The Balaban J connectivity index is 1.23. The molecule has 2 aromatic carbocycles. The number of hydrogen-bond donors (Lipinski definition) is 1. The van der Waals surface area contributed by atoms with Crippen LogP contribution in [-0.4, -0.2) is 39.6 Å². The van der Waals surface area contributed by atoms with Gasteiger partial charge in [-0.1, -0.05) is 24.6 Å². The molecule has 0 aliphatic heterocycles. The van der Waals surface area contributed by atoms with Crippen molar-refractivity contribution in [3.05, 3.63) is 83.6 Å². The van der Waals surface area contributed by atoms with Crippen molar-refractivity contribution in [2.45, 2.75) is 32.6 Å². The van der Waals surface area contributed by atoms with E-state index in [1.807, 2.05) is 36.4 Å².